The maximum Gasteiger partial charge on any atom is 0.189 e. The predicted octanol–water partition coefficient (Wildman–Crippen LogP) is 6.10. The van der Waals surface area contributed by atoms with Crippen LogP contribution in [0.25, 0.3) is 11.3 Å². The molecular weight excluding hydrogens is 392 g/mol. The second-order valence-electron chi connectivity index (χ2n) is 8.05. The molecule has 0 aliphatic rings. The van der Waals surface area contributed by atoms with Crippen molar-refractivity contribution in [1.82, 2.24) is 9.97 Å². The SMILES string of the molecule is COc1ccc(C)cc1Nc1nc(SC)nc(-c2ccc(C(C)(C)C)cc2)c1C#N. The third-order valence-electron chi connectivity index (χ3n) is 4.82. The second-order valence-corrected chi connectivity index (χ2v) is 8.82. The van der Waals surface area contributed by atoms with Gasteiger partial charge in [-0.15, -0.1) is 0 Å². The first-order chi connectivity index (χ1) is 14.3. The van der Waals surface area contributed by atoms with Crippen molar-refractivity contribution in [2.75, 3.05) is 18.7 Å². The molecule has 2 aromatic carbocycles. The van der Waals surface area contributed by atoms with E-state index in [9.17, 15) is 5.26 Å². The molecule has 3 aromatic rings. The van der Waals surface area contributed by atoms with Crippen molar-refractivity contribution in [2.24, 2.45) is 0 Å². The number of rotatable bonds is 5. The topological polar surface area (TPSA) is 70.8 Å². The van der Waals surface area contributed by atoms with Crippen molar-refractivity contribution in [3.63, 3.8) is 0 Å². The van der Waals surface area contributed by atoms with Crippen LogP contribution in [0.3, 0.4) is 0 Å². The number of aryl methyl sites for hydroxylation is 1. The first-order valence-electron chi connectivity index (χ1n) is 9.65. The number of benzene rings is 2. The van der Waals surface area contributed by atoms with Crippen LogP contribution >= 0.6 is 11.8 Å². The largest absolute Gasteiger partial charge is 0.495 e. The van der Waals surface area contributed by atoms with Crippen molar-refractivity contribution < 1.29 is 4.74 Å². The van der Waals surface area contributed by atoms with Crippen molar-refractivity contribution in [3.8, 4) is 23.1 Å². The van der Waals surface area contributed by atoms with Gasteiger partial charge in [-0.25, -0.2) is 9.97 Å². The summed E-state index contributed by atoms with van der Waals surface area (Å²) in [6.07, 6.45) is 1.92. The molecule has 0 radical (unpaired) electrons. The van der Waals surface area contributed by atoms with Gasteiger partial charge in [0.1, 0.15) is 17.4 Å². The summed E-state index contributed by atoms with van der Waals surface area (Å²) in [5.74, 6) is 1.15. The highest BCUT2D eigenvalue weighted by atomic mass is 32.2. The standard InChI is InChI=1S/C24H26N4OS/c1-15-7-12-20(29-5)19(13-15)26-22-18(14-25)21(27-23(28-22)30-6)16-8-10-17(11-9-16)24(2,3)4/h7-13H,1-6H3,(H,26,27,28). The minimum atomic E-state index is 0.0567. The highest BCUT2D eigenvalue weighted by molar-refractivity contribution is 7.98. The Morgan fingerprint density at radius 1 is 1.07 bits per heavy atom. The van der Waals surface area contributed by atoms with Crippen LogP contribution in [0.2, 0.25) is 0 Å². The summed E-state index contributed by atoms with van der Waals surface area (Å²) in [5.41, 5.74) is 5.03. The first-order valence-corrected chi connectivity index (χ1v) is 10.9. The Hall–Kier alpha value is -3.04. The normalized spacial score (nSPS) is 11.1. The number of nitrogens with zero attached hydrogens (tertiary/aromatic N) is 3. The lowest BCUT2D eigenvalue weighted by molar-refractivity contribution is 0.416. The molecule has 1 aromatic heterocycles. The van der Waals surface area contributed by atoms with Gasteiger partial charge in [0.05, 0.1) is 18.5 Å². The molecule has 0 fully saturated rings. The lowest BCUT2D eigenvalue weighted by Crippen LogP contribution is -2.10. The summed E-state index contributed by atoms with van der Waals surface area (Å²) < 4.78 is 5.47. The number of aromatic nitrogens is 2. The first kappa shape index (κ1) is 21.7. The third-order valence-corrected chi connectivity index (χ3v) is 5.36. The zero-order valence-corrected chi connectivity index (χ0v) is 19.0. The van der Waals surface area contributed by atoms with Crippen LogP contribution in [-0.2, 0) is 5.41 Å². The van der Waals surface area contributed by atoms with Crippen LogP contribution < -0.4 is 10.1 Å². The Balaban J connectivity index is 2.13. The molecule has 0 aliphatic heterocycles. The molecule has 154 valence electrons. The van der Waals surface area contributed by atoms with Gasteiger partial charge < -0.3 is 10.1 Å². The smallest absolute Gasteiger partial charge is 0.189 e. The molecule has 0 aliphatic carbocycles. The van der Waals surface area contributed by atoms with Crippen molar-refractivity contribution >= 4 is 23.3 Å². The third kappa shape index (κ3) is 4.58. The molecule has 0 saturated heterocycles. The number of anilines is 2. The molecule has 1 N–H and O–H groups in total. The van der Waals surface area contributed by atoms with E-state index in [0.29, 0.717) is 28.0 Å². The highest BCUT2D eigenvalue weighted by Gasteiger charge is 2.19. The maximum atomic E-state index is 9.96. The van der Waals surface area contributed by atoms with E-state index in [-0.39, 0.29) is 5.41 Å². The molecule has 0 amide bonds. The molecule has 0 spiro atoms. The molecule has 5 nitrogen and oxygen atoms in total. The summed E-state index contributed by atoms with van der Waals surface area (Å²) in [5, 5.41) is 13.8. The summed E-state index contributed by atoms with van der Waals surface area (Å²) >= 11 is 1.44. The van der Waals surface area contributed by atoms with Crippen LogP contribution in [0.15, 0.2) is 47.6 Å². The van der Waals surface area contributed by atoms with E-state index >= 15 is 0 Å². The van der Waals surface area contributed by atoms with Gasteiger partial charge >= 0.3 is 0 Å². The quantitative estimate of drug-likeness (QED) is 0.399. The van der Waals surface area contributed by atoms with Crippen molar-refractivity contribution in [3.05, 3.63) is 59.2 Å². The fraction of sp³-hybridized carbons (Fsp3) is 0.292. The second kappa shape index (κ2) is 8.76. The van der Waals surface area contributed by atoms with Gasteiger partial charge in [0.15, 0.2) is 11.0 Å². The fourth-order valence-electron chi connectivity index (χ4n) is 3.11. The summed E-state index contributed by atoms with van der Waals surface area (Å²) in [6.45, 7) is 8.54. The Bertz CT molecular complexity index is 1100. The maximum absolute atomic E-state index is 9.96. The van der Waals surface area contributed by atoms with Gasteiger partial charge in [-0.2, -0.15) is 5.26 Å². The monoisotopic (exact) mass is 418 g/mol. The Morgan fingerprint density at radius 3 is 2.33 bits per heavy atom. The number of thioether (sulfide) groups is 1. The summed E-state index contributed by atoms with van der Waals surface area (Å²) in [6, 6.07) is 16.4. The molecule has 30 heavy (non-hydrogen) atoms. The van der Waals surface area contributed by atoms with E-state index in [1.807, 2.05) is 43.5 Å². The minimum Gasteiger partial charge on any atom is -0.495 e. The highest BCUT2D eigenvalue weighted by Crippen LogP contribution is 2.34. The van der Waals surface area contributed by atoms with Crippen LogP contribution in [0, 0.1) is 18.3 Å². The Labute approximate surface area is 182 Å². The van der Waals surface area contributed by atoms with Gasteiger partial charge in [-0.1, -0.05) is 62.9 Å². The number of nitrogens with one attached hydrogen (secondary N) is 1. The lowest BCUT2D eigenvalue weighted by Gasteiger charge is -2.19. The Kier molecular flexibility index (Phi) is 6.33. The van der Waals surface area contributed by atoms with Gasteiger partial charge in [0.2, 0.25) is 0 Å². The zero-order valence-electron chi connectivity index (χ0n) is 18.2. The van der Waals surface area contributed by atoms with E-state index in [1.54, 1.807) is 7.11 Å². The van der Waals surface area contributed by atoms with Crippen LogP contribution in [0.1, 0.15) is 37.5 Å². The summed E-state index contributed by atoms with van der Waals surface area (Å²) in [7, 11) is 1.62. The molecule has 0 saturated carbocycles. The number of ether oxygens (including phenoxy) is 1. The molecule has 0 atom stereocenters. The molecule has 1 heterocycles. The van der Waals surface area contributed by atoms with E-state index in [2.05, 4.69) is 54.3 Å². The molecular formula is C24H26N4OS. The van der Waals surface area contributed by atoms with Gasteiger partial charge in [-0.05, 0) is 41.9 Å². The predicted molar refractivity (Wildman–Crippen MR) is 124 cm³/mol. The van der Waals surface area contributed by atoms with Crippen molar-refractivity contribution in [1.29, 1.82) is 5.26 Å². The number of methoxy groups -OCH3 is 1. The lowest BCUT2D eigenvalue weighted by atomic mass is 9.86. The van der Waals surface area contributed by atoms with E-state index < -0.39 is 0 Å². The van der Waals surface area contributed by atoms with Gasteiger partial charge in [0, 0.05) is 5.56 Å². The van der Waals surface area contributed by atoms with Crippen LogP contribution in [0.4, 0.5) is 11.5 Å². The minimum absolute atomic E-state index is 0.0567. The average Bonchev–Trinajstić information content (AvgIpc) is 2.73. The van der Waals surface area contributed by atoms with Crippen LogP contribution in [0.5, 0.6) is 5.75 Å². The molecule has 0 bridgehead atoms. The van der Waals surface area contributed by atoms with Crippen molar-refractivity contribution in [2.45, 2.75) is 38.3 Å². The fourth-order valence-corrected chi connectivity index (χ4v) is 3.48. The molecule has 0 unspecified atom stereocenters. The van der Waals surface area contributed by atoms with E-state index in [0.717, 1.165) is 16.8 Å². The van der Waals surface area contributed by atoms with E-state index in [1.165, 1.54) is 17.3 Å². The van der Waals surface area contributed by atoms with E-state index in [4.69, 9.17) is 4.74 Å². The molecule has 3 rings (SSSR count). The number of hydrogen-bond donors (Lipinski definition) is 1. The number of hydrogen-bond acceptors (Lipinski definition) is 6. The summed E-state index contributed by atoms with van der Waals surface area (Å²) in [4.78, 5) is 9.21. The zero-order chi connectivity index (χ0) is 21.9. The van der Waals surface area contributed by atoms with Gasteiger partial charge in [0.25, 0.3) is 0 Å². The molecule has 6 heteroatoms. The van der Waals surface area contributed by atoms with Gasteiger partial charge in [-0.3, -0.25) is 0 Å². The average molecular weight is 419 g/mol. The van der Waals surface area contributed by atoms with Crippen LogP contribution in [-0.4, -0.2) is 23.3 Å². The number of nitriles is 1. The Morgan fingerprint density at radius 2 is 1.77 bits per heavy atom.